The Bertz CT molecular complexity index is 1520. The number of aryl methyl sites for hydroxylation is 1. The van der Waals surface area contributed by atoms with E-state index < -0.39 is 78.0 Å². The van der Waals surface area contributed by atoms with E-state index in [2.05, 4.69) is 15.0 Å². The first-order valence-corrected chi connectivity index (χ1v) is 16.1. The predicted molar refractivity (Wildman–Crippen MR) is 166 cm³/mol. The van der Waals surface area contributed by atoms with Gasteiger partial charge in [0.1, 0.15) is 34.5 Å². The lowest BCUT2D eigenvalue weighted by Crippen LogP contribution is -2.57. The molecule has 1 aromatic rings. The fourth-order valence-corrected chi connectivity index (χ4v) is 6.19. The lowest BCUT2D eigenvalue weighted by atomic mass is 10.00. The normalized spacial score (nSPS) is 19.9. The van der Waals surface area contributed by atoms with Crippen LogP contribution in [0.25, 0.3) is 11.8 Å². The number of carbonyl (C=O) groups excluding carboxylic acids is 3. The van der Waals surface area contributed by atoms with Crippen LogP contribution in [0.5, 0.6) is 0 Å². The van der Waals surface area contributed by atoms with Crippen molar-refractivity contribution in [3.05, 3.63) is 27.9 Å². The Morgan fingerprint density at radius 2 is 1.65 bits per heavy atom. The highest BCUT2D eigenvalue weighted by Gasteiger charge is 2.42. The molecule has 1 saturated heterocycles. The Balaban J connectivity index is 1.98. The van der Waals surface area contributed by atoms with Crippen LogP contribution in [0.4, 0.5) is 35.9 Å². The fourth-order valence-electron chi connectivity index (χ4n) is 5.02. The van der Waals surface area contributed by atoms with E-state index in [4.69, 9.17) is 9.47 Å². The minimum absolute atomic E-state index is 0.0227. The number of thioether (sulfide) groups is 1. The maximum absolute atomic E-state index is 13.6. The van der Waals surface area contributed by atoms with E-state index in [0.29, 0.717) is 12.3 Å². The van der Waals surface area contributed by atoms with Gasteiger partial charge in [0, 0.05) is 35.2 Å². The average Bonchev–Trinajstić information content (AvgIpc) is 2.87. The lowest BCUT2D eigenvalue weighted by molar-refractivity contribution is -0.292. The summed E-state index contributed by atoms with van der Waals surface area (Å²) in [4.78, 5) is 45.1. The van der Waals surface area contributed by atoms with Crippen molar-refractivity contribution in [3.63, 3.8) is 0 Å². The molecule has 17 heteroatoms. The minimum atomic E-state index is -5.26. The molecule has 0 bridgehead atoms. The smallest absolute Gasteiger partial charge is 0.444 e. The van der Waals surface area contributed by atoms with Crippen LogP contribution in [0.2, 0.25) is 0 Å². The molecule has 1 aliphatic carbocycles. The molecule has 2 atom stereocenters. The second kappa shape index (κ2) is 13.9. The molecule has 0 saturated carbocycles. The highest BCUT2D eigenvalue weighted by atomic mass is 32.2. The summed E-state index contributed by atoms with van der Waals surface area (Å²) in [5, 5.41) is 2.24. The van der Waals surface area contributed by atoms with Crippen molar-refractivity contribution in [2.24, 2.45) is 0 Å². The Morgan fingerprint density at radius 1 is 1.04 bits per heavy atom. The SMILES string of the molecule is Cc1cc(C(=O)NCC2CSC(C)(C)CN2C(=O)OC(C)(C)C)nc2c1=CC(N(CC(F)(F)F)C(=O)OC(C)(C)C)CC=2OC(F)(F)F. The van der Waals surface area contributed by atoms with Gasteiger partial charge < -0.3 is 24.4 Å². The van der Waals surface area contributed by atoms with Crippen LogP contribution in [0.15, 0.2) is 6.07 Å². The topological polar surface area (TPSA) is 110 Å². The number of alkyl halides is 6. The third-order valence-corrected chi connectivity index (χ3v) is 8.38. The van der Waals surface area contributed by atoms with Gasteiger partial charge in [0.05, 0.1) is 12.1 Å². The second-order valence-electron chi connectivity index (χ2n) is 14.3. The van der Waals surface area contributed by atoms with Crippen molar-refractivity contribution in [2.45, 2.75) is 109 Å². The van der Waals surface area contributed by atoms with Crippen molar-refractivity contribution in [1.29, 1.82) is 0 Å². The van der Waals surface area contributed by atoms with Gasteiger partial charge in [0.2, 0.25) is 0 Å². The van der Waals surface area contributed by atoms with E-state index in [1.165, 1.54) is 44.7 Å². The van der Waals surface area contributed by atoms with Gasteiger partial charge >= 0.3 is 24.7 Å². The first kappa shape index (κ1) is 39.1. The molecule has 0 radical (unpaired) electrons. The zero-order valence-electron chi connectivity index (χ0n) is 28.3. The number of pyridine rings is 1. The first-order valence-electron chi connectivity index (χ1n) is 15.1. The Hall–Kier alpha value is -3.37. The zero-order chi connectivity index (χ0) is 36.6. The van der Waals surface area contributed by atoms with E-state index in [-0.39, 0.29) is 32.7 Å². The molecule has 1 aliphatic heterocycles. The number of carbonyl (C=O) groups is 3. The molecule has 3 rings (SSSR count). The van der Waals surface area contributed by atoms with Crippen LogP contribution in [0.1, 0.15) is 77.9 Å². The van der Waals surface area contributed by atoms with Crippen LogP contribution in [-0.4, -0.2) is 98.8 Å². The number of aromatic nitrogens is 1. The van der Waals surface area contributed by atoms with Crippen molar-refractivity contribution in [3.8, 4) is 0 Å². The van der Waals surface area contributed by atoms with Gasteiger partial charge in [-0.1, -0.05) is 6.08 Å². The Morgan fingerprint density at radius 3 is 2.19 bits per heavy atom. The third-order valence-electron chi connectivity index (χ3n) is 6.92. The monoisotopic (exact) mass is 712 g/mol. The standard InChI is InChI=1S/C31H42F6N4O6S/c1-17-10-21(24(42)38-13-19-14-48-29(8,9)15-40(19)25(43)46-27(2,3)4)39-23-20(17)11-18(12-22(23)45-31(35,36)37)41(16-30(32,33)34)26(44)47-28(5,6)7/h10-11,18-19H,12-16H2,1-9H3,(H,38,42). The summed E-state index contributed by atoms with van der Waals surface area (Å²) >= 11 is 1.60. The quantitative estimate of drug-likeness (QED) is 0.399. The molecule has 0 spiro atoms. The van der Waals surface area contributed by atoms with E-state index >= 15 is 0 Å². The number of amides is 3. The van der Waals surface area contributed by atoms with Crippen molar-refractivity contribution >= 4 is 41.7 Å². The average molecular weight is 713 g/mol. The summed E-state index contributed by atoms with van der Waals surface area (Å²) in [5.74, 6) is -1.18. The first-order chi connectivity index (χ1) is 21.6. The largest absolute Gasteiger partial charge is 0.572 e. The van der Waals surface area contributed by atoms with E-state index in [1.807, 2.05) is 13.8 Å². The summed E-state index contributed by atoms with van der Waals surface area (Å²) in [5.41, 5.74) is -2.05. The zero-order valence-corrected chi connectivity index (χ0v) is 29.1. The van der Waals surface area contributed by atoms with Gasteiger partial charge in [-0.05, 0) is 73.9 Å². The highest BCUT2D eigenvalue weighted by Crippen LogP contribution is 2.34. The molecular weight excluding hydrogens is 670 g/mol. The maximum atomic E-state index is 13.6. The number of fused-ring (bicyclic) bond motifs is 1. The summed E-state index contributed by atoms with van der Waals surface area (Å²) in [7, 11) is 0. The molecule has 1 fully saturated rings. The van der Waals surface area contributed by atoms with Gasteiger partial charge in [0.25, 0.3) is 5.91 Å². The van der Waals surface area contributed by atoms with Crippen LogP contribution < -0.4 is 15.9 Å². The molecule has 1 aromatic heterocycles. The molecule has 3 amide bonds. The number of halogens is 6. The fraction of sp³-hybridized carbons (Fsp3) is 0.677. The van der Waals surface area contributed by atoms with Gasteiger partial charge in [-0.25, -0.2) is 14.6 Å². The summed E-state index contributed by atoms with van der Waals surface area (Å²) in [6.07, 6.45) is -11.8. The molecule has 48 heavy (non-hydrogen) atoms. The summed E-state index contributed by atoms with van der Waals surface area (Å²) in [6.45, 7) is 13.4. The molecule has 2 unspecified atom stereocenters. The molecule has 2 aliphatic rings. The van der Waals surface area contributed by atoms with Crippen molar-refractivity contribution < 1.29 is 54.9 Å². The number of rotatable bonds is 6. The van der Waals surface area contributed by atoms with Crippen molar-refractivity contribution in [2.75, 3.05) is 25.4 Å². The molecule has 10 nitrogen and oxygen atoms in total. The molecule has 0 aromatic carbocycles. The lowest BCUT2D eigenvalue weighted by Gasteiger charge is -2.43. The third kappa shape index (κ3) is 11.4. The van der Waals surface area contributed by atoms with Gasteiger partial charge in [-0.3, -0.25) is 9.69 Å². The van der Waals surface area contributed by atoms with E-state index in [1.54, 1.807) is 32.5 Å². The van der Waals surface area contributed by atoms with Crippen LogP contribution >= 0.6 is 11.8 Å². The van der Waals surface area contributed by atoms with Crippen molar-refractivity contribution in [1.82, 2.24) is 20.1 Å². The van der Waals surface area contributed by atoms with E-state index in [0.717, 1.165) is 0 Å². The molecule has 2 heterocycles. The summed E-state index contributed by atoms with van der Waals surface area (Å²) in [6, 6.07) is -0.763. The van der Waals surface area contributed by atoms with Crippen LogP contribution in [0, 0.1) is 6.92 Å². The minimum Gasteiger partial charge on any atom is -0.444 e. The van der Waals surface area contributed by atoms with E-state index in [9.17, 15) is 40.7 Å². The predicted octanol–water partition coefficient (Wildman–Crippen LogP) is 5.25. The van der Waals surface area contributed by atoms with Crippen LogP contribution in [-0.2, 0) is 14.2 Å². The van der Waals surface area contributed by atoms with Crippen LogP contribution in [0.3, 0.4) is 0 Å². The Kier molecular flexibility index (Phi) is 11.3. The van der Waals surface area contributed by atoms with Gasteiger partial charge in [-0.2, -0.15) is 24.9 Å². The molecule has 270 valence electrons. The van der Waals surface area contributed by atoms with Gasteiger partial charge in [0.15, 0.2) is 0 Å². The van der Waals surface area contributed by atoms with Gasteiger partial charge in [-0.15, -0.1) is 13.2 Å². The number of hydrogen-bond donors (Lipinski definition) is 1. The Labute approximate surface area is 279 Å². The molecular formula is C31H42F6N4O6S. The second-order valence-corrected chi connectivity index (χ2v) is 16.0. The summed E-state index contributed by atoms with van der Waals surface area (Å²) < 4.78 is 96.0. The number of hydrogen-bond acceptors (Lipinski definition) is 8. The molecule has 1 N–H and O–H groups in total. The highest BCUT2D eigenvalue weighted by molar-refractivity contribution is 8.00. The number of ether oxygens (including phenoxy) is 3. The number of nitrogens with zero attached hydrogens (tertiary/aromatic N) is 3. The number of nitrogens with one attached hydrogen (secondary N) is 1. The maximum Gasteiger partial charge on any atom is 0.572 e.